The van der Waals surface area contributed by atoms with Crippen molar-refractivity contribution in [3.8, 4) is 0 Å². The SMILES string of the molecule is N.N=C=O.O.O=C=O.[O]=[Zr]=[O]. The van der Waals surface area contributed by atoms with Crippen molar-refractivity contribution in [2.75, 3.05) is 0 Å². The van der Waals surface area contributed by atoms with Crippen LogP contribution in [-0.4, -0.2) is 17.7 Å². The van der Waals surface area contributed by atoms with Gasteiger partial charge in [0, 0.05) is 0 Å². The van der Waals surface area contributed by atoms with Gasteiger partial charge in [0.15, 0.2) is 0 Å². The van der Waals surface area contributed by atoms with Gasteiger partial charge in [-0.3, -0.25) is 0 Å². The van der Waals surface area contributed by atoms with Gasteiger partial charge in [0.1, 0.15) is 0 Å². The molecule has 0 fully saturated rings. The van der Waals surface area contributed by atoms with Gasteiger partial charge in [-0.25, -0.2) is 10.2 Å². The summed E-state index contributed by atoms with van der Waals surface area (Å²) in [5.74, 6) is 0. The van der Waals surface area contributed by atoms with E-state index in [1.54, 1.807) is 0 Å². The Bertz CT molecular complexity index is 110. The molecule has 0 aromatic carbocycles. The molecule has 0 spiro atoms. The second kappa shape index (κ2) is 130. The molecule has 0 aromatic heterocycles. The van der Waals surface area contributed by atoms with Gasteiger partial charge in [-0.2, -0.15) is 9.59 Å². The summed E-state index contributed by atoms with van der Waals surface area (Å²) >= 11 is -2.27. The first-order chi connectivity index (χ1) is 4.24. The van der Waals surface area contributed by atoms with E-state index in [9.17, 15) is 0 Å². The molecule has 9 heteroatoms. The summed E-state index contributed by atoms with van der Waals surface area (Å²) in [5, 5.41) is 5.40. The molecule has 0 radical (unpaired) electrons. The van der Waals surface area contributed by atoms with Crippen LogP contribution in [0.3, 0.4) is 0 Å². The fourth-order valence-electron chi connectivity index (χ4n) is 0. The summed E-state index contributed by atoms with van der Waals surface area (Å²) < 4.78 is 17.1. The molecule has 0 saturated carbocycles. The van der Waals surface area contributed by atoms with Gasteiger partial charge in [0.25, 0.3) is 0 Å². The van der Waals surface area contributed by atoms with E-state index in [-0.39, 0.29) is 17.8 Å². The average Bonchev–Trinajstić information content (AvgIpc) is 1.70. The van der Waals surface area contributed by atoms with Crippen LogP contribution in [0.5, 0.6) is 0 Å². The van der Waals surface area contributed by atoms with Crippen LogP contribution in [0.4, 0.5) is 0 Å². The maximum absolute atomic E-state index is 8.54. The van der Waals surface area contributed by atoms with E-state index in [1.807, 2.05) is 0 Å². The standard InChI is InChI=1S/CHNO.CO2.H3N.H2O.2O.Zr/c2*2-1-3;;;;;/h2H;;1H3;1H2;;;. The van der Waals surface area contributed by atoms with E-state index in [4.69, 9.17) is 25.4 Å². The summed E-state index contributed by atoms with van der Waals surface area (Å²) in [5.41, 5.74) is 0. The van der Waals surface area contributed by atoms with Crippen LogP contribution < -0.4 is 6.15 Å². The van der Waals surface area contributed by atoms with Gasteiger partial charge in [-0.05, 0) is 0 Å². The normalized spacial score (nSPS) is 2.18. The molecule has 64 valence electrons. The maximum atomic E-state index is 8.54. The molecule has 0 aliphatic carbocycles. The molecule has 0 unspecified atom stereocenters. The van der Waals surface area contributed by atoms with Crippen molar-refractivity contribution in [3.05, 3.63) is 0 Å². The molecule has 6 N–H and O–H groups in total. The number of rotatable bonds is 0. The van der Waals surface area contributed by atoms with Gasteiger partial charge in [0.2, 0.25) is 6.08 Å². The predicted molar refractivity (Wildman–Crippen MR) is 23.4 cm³/mol. The van der Waals surface area contributed by atoms with Gasteiger partial charge in [0.05, 0.1) is 0 Å². The molecule has 0 aliphatic heterocycles. The fraction of sp³-hybridized carbons (Fsp3) is 0. The van der Waals surface area contributed by atoms with Crippen molar-refractivity contribution >= 4 is 12.2 Å². The van der Waals surface area contributed by atoms with Gasteiger partial charge >= 0.3 is 35.0 Å². The van der Waals surface area contributed by atoms with Crippen molar-refractivity contribution in [3.63, 3.8) is 0 Å². The van der Waals surface area contributed by atoms with Crippen molar-refractivity contribution in [1.82, 2.24) is 6.15 Å². The van der Waals surface area contributed by atoms with Crippen LogP contribution in [0.25, 0.3) is 0 Å². The Labute approximate surface area is 72.8 Å². The Morgan fingerprint density at radius 1 is 1.09 bits per heavy atom. The fourth-order valence-corrected chi connectivity index (χ4v) is 0. The molecule has 0 aliphatic rings. The third kappa shape index (κ3) is 671. The topological polar surface area (TPSA) is 176 Å². The van der Waals surface area contributed by atoms with Crippen LogP contribution in [0.1, 0.15) is 0 Å². The zero-order chi connectivity index (χ0) is 8.12. The van der Waals surface area contributed by atoms with Crippen molar-refractivity contribution < 1.29 is 48.7 Å². The molecular formula is C2H6N2O6Zr. The molecule has 11 heavy (non-hydrogen) atoms. The van der Waals surface area contributed by atoms with Crippen LogP contribution in [0.15, 0.2) is 0 Å². The van der Waals surface area contributed by atoms with Crippen LogP contribution >= 0.6 is 0 Å². The Morgan fingerprint density at radius 3 is 1.09 bits per heavy atom. The van der Waals surface area contributed by atoms with Crippen molar-refractivity contribution in [1.29, 1.82) is 5.41 Å². The summed E-state index contributed by atoms with van der Waals surface area (Å²) in [6.45, 7) is 0. The minimum absolute atomic E-state index is 0. The molecule has 8 nitrogen and oxygen atoms in total. The van der Waals surface area contributed by atoms with Crippen molar-refractivity contribution in [2.24, 2.45) is 0 Å². The first-order valence-corrected chi connectivity index (χ1v) is 3.28. The van der Waals surface area contributed by atoms with Gasteiger partial charge in [-0.15, -0.1) is 0 Å². The Balaban J connectivity index is -0.0000000150. The van der Waals surface area contributed by atoms with E-state index < -0.39 is 23.2 Å². The molecule has 0 rings (SSSR count). The number of hydrogen-bond donors (Lipinski definition) is 2. The van der Waals surface area contributed by atoms with Crippen LogP contribution in [0.2, 0.25) is 0 Å². The summed E-state index contributed by atoms with van der Waals surface area (Å²) in [6, 6.07) is 0. The van der Waals surface area contributed by atoms with E-state index in [2.05, 4.69) is 0 Å². The average molecular weight is 245 g/mol. The van der Waals surface area contributed by atoms with E-state index in [0.29, 0.717) is 0 Å². The third-order valence-electron chi connectivity index (χ3n) is 0. The summed E-state index contributed by atoms with van der Waals surface area (Å²) in [6.07, 6.45) is 1.00. The minimum atomic E-state index is -2.27. The quantitative estimate of drug-likeness (QED) is 0.384. The van der Waals surface area contributed by atoms with Crippen LogP contribution in [0, 0.1) is 5.41 Å². The number of nitrogens with one attached hydrogen (secondary N) is 1. The van der Waals surface area contributed by atoms with Gasteiger partial charge in [-0.1, -0.05) is 0 Å². The predicted octanol–water partition coefficient (Wildman–Crippen LogP) is -1.59. The second-order valence-electron chi connectivity index (χ2n) is 0.269. The molecule has 0 heterocycles. The van der Waals surface area contributed by atoms with E-state index >= 15 is 0 Å². The summed E-state index contributed by atoms with van der Waals surface area (Å²) in [4.78, 5) is 24.6. The molecule has 0 saturated heterocycles. The molecule has 0 atom stereocenters. The zero-order valence-corrected chi connectivity index (χ0v) is 7.71. The summed E-state index contributed by atoms with van der Waals surface area (Å²) in [7, 11) is 0. The third-order valence-corrected chi connectivity index (χ3v) is 0. The Kier molecular flexibility index (Phi) is 380. The molecule has 0 bridgehead atoms. The van der Waals surface area contributed by atoms with E-state index in [0.717, 1.165) is 6.08 Å². The van der Waals surface area contributed by atoms with Crippen molar-refractivity contribution in [2.45, 2.75) is 0 Å². The van der Waals surface area contributed by atoms with Gasteiger partial charge < -0.3 is 11.6 Å². The van der Waals surface area contributed by atoms with E-state index in [1.165, 1.54) is 0 Å². The first-order valence-electron chi connectivity index (χ1n) is 1.27. The molecular weight excluding hydrogens is 239 g/mol. The molecule has 0 amide bonds. The Morgan fingerprint density at radius 2 is 1.09 bits per heavy atom. The van der Waals surface area contributed by atoms with Crippen LogP contribution in [-0.2, 0) is 43.3 Å². The number of hydrogen-bond acceptors (Lipinski definition) is 7. The first kappa shape index (κ1) is 32.0. The molecule has 0 aromatic rings. The number of carbonyl (C=O) groups excluding carboxylic acids is 3. The Hall–Kier alpha value is -0.837. The monoisotopic (exact) mass is 244 g/mol. The zero-order valence-electron chi connectivity index (χ0n) is 5.25. The second-order valence-corrected chi connectivity index (χ2v) is 0.678. The number of isocyanates is 1.